The number of halogens is 2. The molecule has 2 aromatic rings. The molecule has 0 amide bonds. The zero-order chi connectivity index (χ0) is 19.2. The van der Waals surface area contributed by atoms with Gasteiger partial charge in [0.25, 0.3) is 0 Å². The van der Waals surface area contributed by atoms with E-state index in [2.05, 4.69) is 32.6 Å². The van der Waals surface area contributed by atoms with Gasteiger partial charge in [-0.3, -0.25) is 4.99 Å². The van der Waals surface area contributed by atoms with Gasteiger partial charge in [0.2, 0.25) is 0 Å². The molecule has 28 heavy (non-hydrogen) atoms. The number of aromatic nitrogens is 3. The molecule has 9 heteroatoms. The van der Waals surface area contributed by atoms with Crippen molar-refractivity contribution in [2.75, 3.05) is 13.6 Å². The quantitative estimate of drug-likeness (QED) is 0.349. The number of hydrogen-bond acceptors (Lipinski definition) is 4. The van der Waals surface area contributed by atoms with E-state index in [1.54, 1.807) is 7.05 Å². The number of hydrogen-bond donors (Lipinski definition) is 2. The van der Waals surface area contributed by atoms with E-state index in [1.807, 2.05) is 35.9 Å². The molecule has 1 aromatic heterocycles. The lowest BCUT2D eigenvalue weighted by Gasteiger charge is -2.26. The third-order valence-electron chi connectivity index (χ3n) is 4.50. The highest BCUT2D eigenvalue weighted by Gasteiger charge is 2.22. The van der Waals surface area contributed by atoms with E-state index in [9.17, 15) is 0 Å². The van der Waals surface area contributed by atoms with Crippen molar-refractivity contribution < 1.29 is 4.74 Å². The number of nitrogens with zero attached hydrogens (tertiary/aromatic N) is 4. The minimum Gasteiger partial charge on any atom is -0.487 e. The number of rotatable bonds is 6. The van der Waals surface area contributed by atoms with Crippen LogP contribution in [0.15, 0.2) is 29.3 Å². The van der Waals surface area contributed by atoms with Crippen LogP contribution in [0.25, 0.3) is 0 Å². The zero-order valence-electron chi connectivity index (χ0n) is 16.5. The molecule has 2 unspecified atom stereocenters. The summed E-state index contributed by atoms with van der Waals surface area (Å²) >= 11 is 6.15. The summed E-state index contributed by atoms with van der Waals surface area (Å²) in [6.07, 6.45) is 2.75. The molecule has 0 saturated heterocycles. The van der Waals surface area contributed by atoms with Crippen molar-refractivity contribution in [2.45, 2.75) is 51.8 Å². The third-order valence-corrected chi connectivity index (χ3v) is 4.82. The standard InChI is InChI=1S/C19H27ClN6O.HI/c1-4-17-24-18-10-9-14(12-26(18)25-17)23-19(21-3)22-11-13(2)27-16-8-6-5-7-15(16)20;/h5-8,13-14H,4,9-12H2,1-3H3,(H2,21,22,23);1H. The van der Waals surface area contributed by atoms with Crippen molar-refractivity contribution in [3.63, 3.8) is 0 Å². The fourth-order valence-corrected chi connectivity index (χ4v) is 3.24. The Balaban J connectivity index is 0.00000280. The van der Waals surface area contributed by atoms with E-state index < -0.39 is 0 Å². The summed E-state index contributed by atoms with van der Waals surface area (Å²) in [5.74, 6) is 3.44. The molecule has 0 fully saturated rings. The topological polar surface area (TPSA) is 76.4 Å². The van der Waals surface area contributed by atoms with Gasteiger partial charge in [0.15, 0.2) is 11.8 Å². The minimum absolute atomic E-state index is 0. The van der Waals surface area contributed by atoms with Crippen LogP contribution in [0.5, 0.6) is 5.75 Å². The van der Waals surface area contributed by atoms with E-state index in [0.29, 0.717) is 17.3 Å². The number of guanidine groups is 1. The van der Waals surface area contributed by atoms with E-state index in [4.69, 9.17) is 16.3 Å². The first-order chi connectivity index (χ1) is 13.1. The van der Waals surface area contributed by atoms with Crippen LogP contribution in [0.2, 0.25) is 5.02 Å². The fraction of sp³-hybridized carbons (Fsp3) is 0.526. The summed E-state index contributed by atoms with van der Waals surface area (Å²) < 4.78 is 7.90. The molecule has 1 aliphatic rings. The van der Waals surface area contributed by atoms with Crippen molar-refractivity contribution in [2.24, 2.45) is 4.99 Å². The van der Waals surface area contributed by atoms with Gasteiger partial charge in [-0.2, -0.15) is 5.10 Å². The summed E-state index contributed by atoms with van der Waals surface area (Å²) in [5, 5.41) is 12.0. The van der Waals surface area contributed by atoms with Gasteiger partial charge in [0.05, 0.1) is 18.1 Å². The Hall–Kier alpha value is -1.55. The van der Waals surface area contributed by atoms with E-state index in [-0.39, 0.29) is 36.1 Å². The molecule has 0 saturated carbocycles. The second kappa shape index (κ2) is 10.8. The number of benzene rings is 1. The zero-order valence-corrected chi connectivity index (χ0v) is 19.6. The van der Waals surface area contributed by atoms with Crippen LogP contribution in [0, 0.1) is 0 Å². The molecule has 7 nitrogen and oxygen atoms in total. The van der Waals surface area contributed by atoms with Crippen LogP contribution >= 0.6 is 35.6 Å². The average Bonchev–Trinajstić information content (AvgIpc) is 3.09. The number of ether oxygens (including phenoxy) is 1. The maximum atomic E-state index is 6.15. The second-order valence-electron chi connectivity index (χ2n) is 6.67. The molecule has 2 heterocycles. The predicted octanol–water partition coefficient (Wildman–Crippen LogP) is 3.06. The van der Waals surface area contributed by atoms with Crippen LogP contribution in [0.4, 0.5) is 0 Å². The van der Waals surface area contributed by atoms with Crippen molar-refractivity contribution >= 4 is 41.5 Å². The number of aliphatic imine (C=N–C) groups is 1. The molecule has 1 aromatic carbocycles. The summed E-state index contributed by atoms with van der Waals surface area (Å²) in [4.78, 5) is 8.88. The van der Waals surface area contributed by atoms with Crippen molar-refractivity contribution in [3.05, 3.63) is 40.9 Å². The predicted molar refractivity (Wildman–Crippen MR) is 123 cm³/mol. The van der Waals surface area contributed by atoms with Crippen LogP contribution in [-0.4, -0.2) is 46.5 Å². The van der Waals surface area contributed by atoms with Gasteiger partial charge in [-0.05, 0) is 25.5 Å². The van der Waals surface area contributed by atoms with Crippen LogP contribution < -0.4 is 15.4 Å². The largest absolute Gasteiger partial charge is 0.487 e. The van der Waals surface area contributed by atoms with Gasteiger partial charge >= 0.3 is 0 Å². The number of fused-ring (bicyclic) bond motifs is 1. The fourth-order valence-electron chi connectivity index (χ4n) is 3.06. The molecular formula is C19H28ClIN6O. The molecule has 3 rings (SSSR count). The van der Waals surface area contributed by atoms with Gasteiger partial charge < -0.3 is 15.4 Å². The van der Waals surface area contributed by atoms with Gasteiger partial charge in [-0.25, -0.2) is 9.67 Å². The van der Waals surface area contributed by atoms with E-state index in [0.717, 1.165) is 43.4 Å². The highest BCUT2D eigenvalue weighted by molar-refractivity contribution is 14.0. The molecule has 0 radical (unpaired) electrons. The Bertz CT molecular complexity index is 796. The molecule has 0 aliphatic carbocycles. The third kappa shape index (κ3) is 5.97. The normalized spacial score (nSPS) is 17.3. The van der Waals surface area contributed by atoms with Crippen LogP contribution in [-0.2, 0) is 19.4 Å². The lowest BCUT2D eigenvalue weighted by atomic mass is 10.1. The lowest BCUT2D eigenvalue weighted by Crippen LogP contribution is -2.48. The Morgan fingerprint density at radius 2 is 2.21 bits per heavy atom. The monoisotopic (exact) mass is 518 g/mol. The van der Waals surface area contributed by atoms with Crippen molar-refractivity contribution in [1.29, 1.82) is 0 Å². The minimum atomic E-state index is -0.0520. The SMILES string of the molecule is CCc1nc2n(n1)CC(NC(=NC)NCC(C)Oc1ccccc1Cl)CC2.I. The number of para-hydroxylation sites is 1. The first-order valence-electron chi connectivity index (χ1n) is 9.40. The second-order valence-corrected chi connectivity index (χ2v) is 7.08. The number of aryl methyl sites for hydroxylation is 2. The molecule has 154 valence electrons. The molecule has 0 spiro atoms. The maximum Gasteiger partial charge on any atom is 0.191 e. The highest BCUT2D eigenvalue weighted by atomic mass is 127. The van der Waals surface area contributed by atoms with Gasteiger partial charge in [-0.15, -0.1) is 24.0 Å². The maximum absolute atomic E-state index is 6.15. The highest BCUT2D eigenvalue weighted by Crippen LogP contribution is 2.24. The number of nitrogens with one attached hydrogen (secondary N) is 2. The van der Waals surface area contributed by atoms with E-state index in [1.165, 1.54) is 0 Å². The van der Waals surface area contributed by atoms with Gasteiger partial charge in [0, 0.05) is 25.9 Å². The smallest absolute Gasteiger partial charge is 0.191 e. The lowest BCUT2D eigenvalue weighted by molar-refractivity contribution is 0.223. The van der Waals surface area contributed by atoms with Crippen molar-refractivity contribution in [1.82, 2.24) is 25.4 Å². The molecular weight excluding hydrogens is 491 g/mol. The first kappa shape index (κ1) is 22.7. The Labute approximate surface area is 188 Å². The summed E-state index contributed by atoms with van der Waals surface area (Å²) in [7, 11) is 1.77. The van der Waals surface area contributed by atoms with E-state index >= 15 is 0 Å². The van der Waals surface area contributed by atoms with Crippen LogP contribution in [0.1, 0.15) is 31.9 Å². The summed E-state index contributed by atoms with van der Waals surface area (Å²) in [5.41, 5.74) is 0. The Morgan fingerprint density at radius 1 is 1.43 bits per heavy atom. The average molecular weight is 519 g/mol. The Morgan fingerprint density at radius 3 is 2.93 bits per heavy atom. The van der Waals surface area contributed by atoms with Crippen molar-refractivity contribution in [3.8, 4) is 5.75 Å². The molecule has 2 N–H and O–H groups in total. The van der Waals surface area contributed by atoms with Crippen LogP contribution in [0.3, 0.4) is 0 Å². The Kier molecular flexibility index (Phi) is 8.81. The first-order valence-corrected chi connectivity index (χ1v) is 9.77. The molecule has 1 aliphatic heterocycles. The van der Waals surface area contributed by atoms with Gasteiger partial charge in [0.1, 0.15) is 17.7 Å². The summed E-state index contributed by atoms with van der Waals surface area (Å²) in [6, 6.07) is 7.76. The molecule has 2 atom stereocenters. The summed E-state index contributed by atoms with van der Waals surface area (Å²) in [6.45, 7) is 5.49. The molecule has 0 bridgehead atoms. The van der Waals surface area contributed by atoms with Gasteiger partial charge in [-0.1, -0.05) is 30.7 Å².